The molecule has 0 saturated carbocycles. The number of aromatic nitrogens is 3. The summed E-state index contributed by atoms with van der Waals surface area (Å²) in [5, 5.41) is 12.3. The van der Waals surface area contributed by atoms with Gasteiger partial charge in [0.15, 0.2) is 5.15 Å². The van der Waals surface area contributed by atoms with Crippen LogP contribution < -0.4 is 5.32 Å². The molecule has 4 rings (SSSR count). The highest BCUT2D eigenvalue weighted by molar-refractivity contribution is 6.31. The van der Waals surface area contributed by atoms with Gasteiger partial charge in [0.2, 0.25) is 5.91 Å². The third-order valence-corrected chi connectivity index (χ3v) is 5.55. The van der Waals surface area contributed by atoms with Gasteiger partial charge in [-0.1, -0.05) is 46.6 Å². The highest BCUT2D eigenvalue weighted by Gasteiger charge is 2.25. The first kappa shape index (κ1) is 19.0. The van der Waals surface area contributed by atoms with Crippen LogP contribution in [0.1, 0.15) is 47.9 Å². The zero-order chi connectivity index (χ0) is 19.5. The second kappa shape index (κ2) is 8.37. The summed E-state index contributed by atoms with van der Waals surface area (Å²) in [5.41, 5.74) is 3.29. The molecule has 28 heavy (non-hydrogen) atoms. The third-order valence-electron chi connectivity index (χ3n) is 5.00. The second-order valence-corrected chi connectivity index (χ2v) is 7.72. The van der Waals surface area contributed by atoms with Crippen LogP contribution in [-0.4, -0.2) is 20.8 Å². The highest BCUT2D eigenvalue weighted by Crippen LogP contribution is 2.30. The van der Waals surface area contributed by atoms with Crippen molar-refractivity contribution in [3.05, 3.63) is 69.3 Å². The molecule has 146 valence electrons. The molecule has 3 aromatic rings. The lowest BCUT2D eigenvalue weighted by Crippen LogP contribution is -2.31. The fraction of sp³-hybridized carbons (Fsp3) is 0.350. The van der Waals surface area contributed by atoms with E-state index in [9.17, 15) is 4.79 Å². The Morgan fingerprint density at radius 2 is 2.18 bits per heavy atom. The van der Waals surface area contributed by atoms with E-state index in [4.69, 9.17) is 27.7 Å². The molecule has 1 aliphatic rings. The van der Waals surface area contributed by atoms with Crippen LogP contribution in [0.25, 0.3) is 0 Å². The van der Waals surface area contributed by atoms with E-state index in [1.54, 1.807) is 6.07 Å². The number of nitrogens with zero attached hydrogens (tertiary/aromatic N) is 3. The maximum Gasteiger partial charge on any atom is 0.220 e. The predicted octanol–water partition coefficient (Wildman–Crippen LogP) is 4.35. The Morgan fingerprint density at radius 1 is 1.32 bits per heavy atom. The molecule has 1 amide bonds. The summed E-state index contributed by atoms with van der Waals surface area (Å²) < 4.78 is 7.04. The van der Waals surface area contributed by atoms with Crippen molar-refractivity contribution in [2.24, 2.45) is 0 Å². The number of benzene rings is 1. The lowest BCUT2D eigenvalue weighted by atomic mass is 9.92. The molecule has 0 radical (unpaired) electrons. The van der Waals surface area contributed by atoms with Gasteiger partial charge < -0.3 is 9.84 Å². The minimum Gasteiger partial charge on any atom is -0.360 e. The van der Waals surface area contributed by atoms with Gasteiger partial charge in [-0.2, -0.15) is 5.10 Å². The molecule has 0 spiro atoms. The summed E-state index contributed by atoms with van der Waals surface area (Å²) in [6.07, 6.45) is 5.52. The van der Waals surface area contributed by atoms with Crippen LogP contribution in [0, 0.1) is 0 Å². The average Bonchev–Trinajstić information content (AvgIpc) is 3.29. The molecule has 1 atom stereocenters. The number of carbonyl (C=O) groups is 1. The Hall–Kier alpha value is -2.31. The lowest BCUT2D eigenvalue weighted by molar-refractivity contribution is -0.122. The summed E-state index contributed by atoms with van der Waals surface area (Å²) in [4.78, 5) is 12.4. The molecule has 0 aliphatic heterocycles. The number of fused-ring (bicyclic) bond motifs is 1. The molecule has 0 fully saturated rings. The Labute approximate surface area is 172 Å². The smallest absolute Gasteiger partial charge is 0.220 e. The Kier molecular flexibility index (Phi) is 5.69. The number of hydrogen-bond acceptors (Lipinski definition) is 4. The maximum atomic E-state index is 12.4. The number of hydrogen-bond donors (Lipinski definition) is 1. The van der Waals surface area contributed by atoms with Crippen molar-refractivity contribution in [2.75, 3.05) is 0 Å². The van der Waals surface area contributed by atoms with Gasteiger partial charge in [0.25, 0.3) is 0 Å². The van der Waals surface area contributed by atoms with Gasteiger partial charge in [0.1, 0.15) is 5.76 Å². The molecule has 6 nitrogen and oxygen atoms in total. The summed E-state index contributed by atoms with van der Waals surface area (Å²) in [5.74, 6) is 0.585. The maximum absolute atomic E-state index is 12.4. The minimum atomic E-state index is -0.0239. The fourth-order valence-electron chi connectivity index (χ4n) is 3.60. The summed E-state index contributed by atoms with van der Waals surface area (Å²) >= 11 is 12.0. The molecule has 0 saturated heterocycles. The van der Waals surface area contributed by atoms with Crippen molar-refractivity contribution < 1.29 is 9.32 Å². The monoisotopic (exact) mass is 418 g/mol. The Bertz CT molecular complexity index is 982. The average molecular weight is 419 g/mol. The molecular formula is C20H20Cl2N4O2. The van der Waals surface area contributed by atoms with Crippen molar-refractivity contribution in [1.29, 1.82) is 0 Å². The van der Waals surface area contributed by atoms with Gasteiger partial charge in [-0.15, -0.1) is 0 Å². The molecule has 0 unspecified atom stereocenters. The van der Waals surface area contributed by atoms with Crippen LogP contribution in [0.2, 0.25) is 10.2 Å². The summed E-state index contributed by atoms with van der Waals surface area (Å²) in [7, 11) is 0. The highest BCUT2D eigenvalue weighted by atomic mass is 35.5. The van der Waals surface area contributed by atoms with Crippen molar-refractivity contribution in [2.45, 2.75) is 44.7 Å². The SMILES string of the molecule is O=C(CCc1cc(Cl)no1)N[C@H]1CCCc2c1cnn2Cc1ccccc1Cl. The van der Waals surface area contributed by atoms with Gasteiger partial charge in [-0.25, -0.2) is 0 Å². The molecule has 0 bridgehead atoms. The third kappa shape index (κ3) is 4.23. The second-order valence-electron chi connectivity index (χ2n) is 6.92. The van der Waals surface area contributed by atoms with E-state index in [1.807, 2.05) is 35.1 Å². The van der Waals surface area contributed by atoms with Crippen molar-refractivity contribution in [3.63, 3.8) is 0 Å². The zero-order valence-corrected chi connectivity index (χ0v) is 16.7. The number of rotatable bonds is 6. The Balaban J connectivity index is 1.42. The van der Waals surface area contributed by atoms with Gasteiger partial charge in [0.05, 0.1) is 18.8 Å². The molecular weight excluding hydrogens is 399 g/mol. The van der Waals surface area contributed by atoms with Gasteiger partial charge in [-0.05, 0) is 30.9 Å². The van der Waals surface area contributed by atoms with E-state index in [0.29, 0.717) is 30.3 Å². The number of nitrogens with one attached hydrogen (secondary N) is 1. The molecule has 8 heteroatoms. The van der Waals surface area contributed by atoms with Gasteiger partial charge in [-0.3, -0.25) is 9.48 Å². The number of carbonyl (C=O) groups excluding carboxylic acids is 1. The first-order chi connectivity index (χ1) is 13.6. The normalized spacial score (nSPS) is 16.0. The molecule has 1 aliphatic carbocycles. The largest absolute Gasteiger partial charge is 0.360 e. The minimum absolute atomic E-state index is 0.0189. The van der Waals surface area contributed by atoms with Crippen LogP contribution in [0.5, 0.6) is 0 Å². The quantitative estimate of drug-likeness (QED) is 0.645. The van der Waals surface area contributed by atoms with Crippen molar-refractivity contribution >= 4 is 29.1 Å². The predicted molar refractivity (Wildman–Crippen MR) is 106 cm³/mol. The van der Waals surface area contributed by atoms with E-state index in [0.717, 1.165) is 35.4 Å². The molecule has 2 aromatic heterocycles. The molecule has 1 N–H and O–H groups in total. The van der Waals surface area contributed by atoms with Gasteiger partial charge >= 0.3 is 0 Å². The van der Waals surface area contributed by atoms with E-state index >= 15 is 0 Å². The lowest BCUT2D eigenvalue weighted by Gasteiger charge is -2.24. The Morgan fingerprint density at radius 3 is 2.96 bits per heavy atom. The summed E-state index contributed by atoms with van der Waals surface area (Å²) in [6, 6.07) is 9.40. The standard InChI is InChI=1S/C20H20Cl2N4O2/c21-16-5-2-1-4-13(16)12-26-18-7-3-6-17(15(18)11-23-26)24-20(27)9-8-14-10-19(22)25-28-14/h1-2,4-5,10-11,17H,3,6-9,12H2,(H,24,27)/t17-/m0/s1. The molecule has 2 heterocycles. The van der Waals surface area contributed by atoms with Crippen LogP contribution in [0.4, 0.5) is 0 Å². The van der Waals surface area contributed by atoms with E-state index in [-0.39, 0.29) is 11.9 Å². The van der Waals surface area contributed by atoms with Crippen LogP contribution in [0.15, 0.2) is 41.1 Å². The fourth-order valence-corrected chi connectivity index (χ4v) is 3.95. The number of halogens is 2. The van der Waals surface area contributed by atoms with Crippen LogP contribution in [0.3, 0.4) is 0 Å². The zero-order valence-electron chi connectivity index (χ0n) is 15.2. The van der Waals surface area contributed by atoms with E-state index in [1.165, 1.54) is 5.69 Å². The van der Waals surface area contributed by atoms with Crippen molar-refractivity contribution in [3.8, 4) is 0 Å². The van der Waals surface area contributed by atoms with E-state index < -0.39 is 0 Å². The van der Waals surface area contributed by atoms with E-state index in [2.05, 4.69) is 15.6 Å². The number of aryl methyl sites for hydroxylation is 1. The molecule has 1 aromatic carbocycles. The topological polar surface area (TPSA) is 73.0 Å². The summed E-state index contributed by atoms with van der Waals surface area (Å²) in [6.45, 7) is 0.627. The van der Waals surface area contributed by atoms with Gasteiger partial charge in [0, 0.05) is 35.2 Å². The van der Waals surface area contributed by atoms with Crippen LogP contribution >= 0.6 is 23.2 Å². The van der Waals surface area contributed by atoms with Crippen LogP contribution in [-0.2, 0) is 24.2 Å². The first-order valence-corrected chi connectivity index (χ1v) is 10.0. The number of amides is 1. The first-order valence-electron chi connectivity index (χ1n) is 9.28. The van der Waals surface area contributed by atoms with Crippen molar-refractivity contribution in [1.82, 2.24) is 20.3 Å².